The van der Waals surface area contributed by atoms with Gasteiger partial charge in [0.15, 0.2) is 11.5 Å². The molecule has 34 heavy (non-hydrogen) atoms. The van der Waals surface area contributed by atoms with Gasteiger partial charge in [-0.2, -0.15) is 0 Å². The van der Waals surface area contributed by atoms with Crippen LogP contribution in [0.5, 0.6) is 17.2 Å². The summed E-state index contributed by atoms with van der Waals surface area (Å²) in [6.07, 6.45) is 1.87. The Morgan fingerprint density at radius 3 is 2.59 bits per heavy atom. The highest BCUT2D eigenvalue weighted by Crippen LogP contribution is 2.44. The SMILES string of the molecule is CCCCOc1cccc(/C(O)=C2\C(=O)C(=O)N(CCOC)C2c2cc(Br)c(O)c(OC)c2)c1. The molecule has 2 N–H and O–H groups in total. The van der Waals surface area contributed by atoms with Crippen LogP contribution in [-0.2, 0) is 14.3 Å². The van der Waals surface area contributed by atoms with Crippen LogP contribution >= 0.6 is 15.9 Å². The maximum absolute atomic E-state index is 13.1. The molecule has 0 bridgehead atoms. The van der Waals surface area contributed by atoms with E-state index in [0.29, 0.717) is 28.0 Å². The number of ketones is 1. The number of phenols is 1. The highest BCUT2D eigenvalue weighted by Gasteiger charge is 2.46. The lowest BCUT2D eigenvalue weighted by atomic mass is 9.95. The van der Waals surface area contributed by atoms with Crippen molar-refractivity contribution in [2.45, 2.75) is 25.8 Å². The number of benzene rings is 2. The normalized spacial score (nSPS) is 17.3. The Bertz CT molecular complexity index is 1100. The average Bonchev–Trinajstić information content (AvgIpc) is 3.09. The third kappa shape index (κ3) is 5.20. The number of hydrogen-bond donors (Lipinski definition) is 2. The van der Waals surface area contributed by atoms with Crippen LogP contribution in [0.15, 0.2) is 46.4 Å². The molecule has 2 aromatic carbocycles. The van der Waals surface area contributed by atoms with E-state index in [1.54, 1.807) is 30.3 Å². The number of Topliss-reactive ketones (excluding diaryl/α,β-unsaturated/α-hetero) is 1. The Hall–Kier alpha value is -3.04. The van der Waals surface area contributed by atoms with Gasteiger partial charge in [0.25, 0.3) is 11.7 Å². The molecule has 1 amide bonds. The number of aromatic hydroxyl groups is 1. The first kappa shape index (κ1) is 25.6. The minimum Gasteiger partial charge on any atom is -0.507 e. The molecule has 2 aromatic rings. The number of nitrogens with zero attached hydrogens (tertiary/aromatic N) is 1. The highest BCUT2D eigenvalue weighted by molar-refractivity contribution is 9.10. The third-order valence-electron chi connectivity index (χ3n) is 5.54. The van der Waals surface area contributed by atoms with Crippen LogP contribution in [0.4, 0.5) is 0 Å². The second-order valence-corrected chi connectivity index (χ2v) is 8.62. The number of hydrogen-bond acceptors (Lipinski definition) is 7. The van der Waals surface area contributed by atoms with Crippen LogP contribution < -0.4 is 9.47 Å². The van der Waals surface area contributed by atoms with Gasteiger partial charge in [-0.3, -0.25) is 9.59 Å². The topological polar surface area (TPSA) is 106 Å². The molecular weight excluding hydrogens is 506 g/mol. The predicted molar refractivity (Wildman–Crippen MR) is 130 cm³/mol. The monoisotopic (exact) mass is 533 g/mol. The van der Waals surface area contributed by atoms with Gasteiger partial charge in [-0.05, 0) is 52.2 Å². The fraction of sp³-hybridized carbons (Fsp3) is 0.360. The van der Waals surface area contributed by atoms with Crippen LogP contribution in [0, 0.1) is 0 Å². The van der Waals surface area contributed by atoms with E-state index in [2.05, 4.69) is 22.9 Å². The van der Waals surface area contributed by atoms with Gasteiger partial charge in [0.2, 0.25) is 0 Å². The molecule has 1 aliphatic rings. The summed E-state index contributed by atoms with van der Waals surface area (Å²) < 4.78 is 16.4. The number of phenolic OH excluding ortho intramolecular Hbond substituents is 1. The molecule has 3 rings (SSSR count). The van der Waals surface area contributed by atoms with Crippen molar-refractivity contribution in [1.29, 1.82) is 0 Å². The van der Waals surface area contributed by atoms with Gasteiger partial charge in [0.1, 0.15) is 11.5 Å². The first-order valence-electron chi connectivity index (χ1n) is 10.9. The van der Waals surface area contributed by atoms with E-state index >= 15 is 0 Å². The molecule has 1 atom stereocenters. The van der Waals surface area contributed by atoms with Crippen molar-refractivity contribution in [3.8, 4) is 17.2 Å². The molecule has 0 saturated carbocycles. The van der Waals surface area contributed by atoms with Crippen molar-refractivity contribution < 1.29 is 34.0 Å². The number of ether oxygens (including phenoxy) is 3. The van der Waals surface area contributed by atoms with Crippen LogP contribution in [0.3, 0.4) is 0 Å². The molecule has 182 valence electrons. The lowest BCUT2D eigenvalue weighted by Gasteiger charge is -2.25. The Morgan fingerprint density at radius 2 is 1.91 bits per heavy atom. The molecule has 1 aliphatic heterocycles. The summed E-state index contributed by atoms with van der Waals surface area (Å²) in [5.41, 5.74) is 0.772. The summed E-state index contributed by atoms with van der Waals surface area (Å²) in [5, 5.41) is 21.5. The molecule has 1 fully saturated rings. The van der Waals surface area contributed by atoms with Gasteiger partial charge >= 0.3 is 0 Å². The predicted octanol–water partition coefficient (Wildman–Crippen LogP) is 4.41. The first-order chi connectivity index (χ1) is 16.3. The number of aliphatic hydroxyl groups excluding tert-OH is 1. The van der Waals surface area contributed by atoms with Crippen molar-refractivity contribution >= 4 is 33.4 Å². The molecule has 0 aromatic heterocycles. The molecule has 9 heteroatoms. The van der Waals surface area contributed by atoms with Crippen LogP contribution in [0.25, 0.3) is 5.76 Å². The lowest BCUT2D eigenvalue weighted by Crippen LogP contribution is -2.32. The summed E-state index contributed by atoms with van der Waals surface area (Å²) in [5.74, 6) is -1.27. The zero-order valence-electron chi connectivity index (χ0n) is 19.3. The quantitative estimate of drug-likeness (QED) is 0.201. The van der Waals surface area contributed by atoms with E-state index in [4.69, 9.17) is 14.2 Å². The van der Waals surface area contributed by atoms with Gasteiger partial charge in [-0.1, -0.05) is 25.5 Å². The standard InChI is InChI=1S/C25H28BrNO7/c1-4-5-10-34-17-8-6-7-15(12-17)22(28)20-21(27(9-11-32-2)25(31)24(20)30)16-13-18(26)23(29)19(14-16)33-3/h6-8,12-14,21,28-29H,4-5,9-11H2,1-3H3/b22-20+. The Labute approximate surface area is 206 Å². The average molecular weight is 534 g/mol. The summed E-state index contributed by atoms with van der Waals surface area (Å²) in [6, 6.07) is 8.98. The van der Waals surface area contributed by atoms with E-state index in [0.717, 1.165) is 12.8 Å². The minimum atomic E-state index is -0.911. The molecule has 0 radical (unpaired) electrons. The number of aliphatic hydroxyl groups is 1. The summed E-state index contributed by atoms with van der Waals surface area (Å²) in [4.78, 5) is 27.4. The minimum absolute atomic E-state index is 0.0635. The van der Waals surface area contributed by atoms with Crippen LogP contribution in [0.2, 0.25) is 0 Å². The smallest absolute Gasteiger partial charge is 0.295 e. The number of halogens is 1. The van der Waals surface area contributed by atoms with Crippen molar-refractivity contribution in [3.05, 3.63) is 57.6 Å². The lowest BCUT2D eigenvalue weighted by molar-refractivity contribution is -0.140. The number of methoxy groups -OCH3 is 2. The second-order valence-electron chi connectivity index (χ2n) is 7.77. The van der Waals surface area contributed by atoms with Crippen molar-refractivity contribution in [2.24, 2.45) is 0 Å². The maximum Gasteiger partial charge on any atom is 0.295 e. The van der Waals surface area contributed by atoms with E-state index < -0.39 is 17.7 Å². The number of rotatable bonds is 10. The number of unbranched alkanes of at least 4 members (excludes halogenated alkanes) is 1. The van der Waals surface area contributed by atoms with Crippen LogP contribution in [-0.4, -0.2) is 60.8 Å². The van der Waals surface area contributed by atoms with Crippen LogP contribution in [0.1, 0.15) is 36.9 Å². The third-order valence-corrected chi connectivity index (χ3v) is 6.14. The van der Waals surface area contributed by atoms with Crippen molar-refractivity contribution in [1.82, 2.24) is 4.90 Å². The van der Waals surface area contributed by atoms with Crippen molar-refractivity contribution in [2.75, 3.05) is 34.0 Å². The maximum atomic E-state index is 13.1. The van der Waals surface area contributed by atoms with Gasteiger partial charge in [-0.25, -0.2) is 0 Å². The largest absolute Gasteiger partial charge is 0.507 e. The Kier molecular flexibility index (Phi) is 8.57. The van der Waals surface area contributed by atoms with Crippen molar-refractivity contribution in [3.63, 3.8) is 0 Å². The zero-order chi connectivity index (χ0) is 24.8. The number of carbonyl (C=O) groups excluding carboxylic acids is 2. The second kappa shape index (κ2) is 11.4. The molecule has 1 unspecified atom stereocenters. The zero-order valence-corrected chi connectivity index (χ0v) is 20.9. The molecular formula is C25H28BrNO7. The molecule has 1 heterocycles. The van der Waals surface area contributed by atoms with Gasteiger partial charge < -0.3 is 29.3 Å². The first-order valence-corrected chi connectivity index (χ1v) is 11.7. The fourth-order valence-electron chi connectivity index (χ4n) is 3.78. The molecule has 1 saturated heterocycles. The number of carbonyl (C=O) groups is 2. The Balaban J connectivity index is 2.14. The van der Waals surface area contributed by atoms with Gasteiger partial charge in [0.05, 0.1) is 36.4 Å². The number of amides is 1. The van der Waals surface area contributed by atoms with E-state index in [9.17, 15) is 19.8 Å². The van der Waals surface area contributed by atoms with E-state index in [1.165, 1.54) is 25.2 Å². The van der Waals surface area contributed by atoms with Gasteiger partial charge in [-0.15, -0.1) is 0 Å². The van der Waals surface area contributed by atoms with Gasteiger partial charge in [0, 0.05) is 19.2 Å². The van der Waals surface area contributed by atoms with E-state index in [-0.39, 0.29) is 36.0 Å². The highest BCUT2D eigenvalue weighted by atomic mass is 79.9. The molecule has 8 nitrogen and oxygen atoms in total. The fourth-order valence-corrected chi connectivity index (χ4v) is 4.24. The molecule has 0 spiro atoms. The summed E-state index contributed by atoms with van der Waals surface area (Å²) in [7, 11) is 2.90. The summed E-state index contributed by atoms with van der Waals surface area (Å²) in [6.45, 7) is 2.92. The summed E-state index contributed by atoms with van der Waals surface area (Å²) >= 11 is 3.29. The Morgan fingerprint density at radius 1 is 1.15 bits per heavy atom. The molecule has 0 aliphatic carbocycles. The number of likely N-dealkylation sites (tertiary alicyclic amines) is 1. The van der Waals surface area contributed by atoms with E-state index in [1.807, 2.05) is 0 Å².